The number of guanidine groups is 1. The van der Waals surface area contributed by atoms with E-state index < -0.39 is 10.8 Å². The monoisotopic (exact) mass is 548 g/mol. The van der Waals surface area contributed by atoms with Gasteiger partial charge in [0, 0.05) is 60.9 Å². The van der Waals surface area contributed by atoms with Gasteiger partial charge in [-0.25, -0.2) is 0 Å². The fraction of sp³-hybridized carbons (Fsp3) is 0.636. The number of carbonyl (C=O) groups is 1. The molecule has 0 radical (unpaired) electrons. The SMILES string of the molecule is CCC(CC)C(=O)N1CCC(NC(=NC)NCCS(=O)Cc2ccccc2)CC1.I. The third-order valence-electron chi connectivity index (χ3n) is 5.50. The largest absolute Gasteiger partial charge is 0.355 e. The molecule has 2 rings (SSSR count). The first kappa shape index (κ1) is 26.9. The summed E-state index contributed by atoms with van der Waals surface area (Å²) in [7, 11) is 0.850. The molecule has 170 valence electrons. The van der Waals surface area contributed by atoms with Crippen LogP contribution in [0.3, 0.4) is 0 Å². The van der Waals surface area contributed by atoms with Crippen LogP contribution in [-0.2, 0) is 21.3 Å². The summed E-state index contributed by atoms with van der Waals surface area (Å²) >= 11 is 0. The maximum atomic E-state index is 12.5. The Labute approximate surface area is 201 Å². The van der Waals surface area contributed by atoms with Crippen LogP contribution in [0.5, 0.6) is 0 Å². The highest BCUT2D eigenvalue weighted by atomic mass is 127. The zero-order chi connectivity index (χ0) is 21.1. The van der Waals surface area contributed by atoms with Crippen molar-refractivity contribution in [3.05, 3.63) is 35.9 Å². The number of carbonyl (C=O) groups excluding carboxylic acids is 1. The lowest BCUT2D eigenvalue weighted by Gasteiger charge is -2.34. The lowest BCUT2D eigenvalue weighted by atomic mass is 9.98. The van der Waals surface area contributed by atoms with Crippen LogP contribution in [-0.4, -0.2) is 59.5 Å². The minimum absolute atomic E-state index is 0. The van der Waals surface area contributed by atoms with Gasteiger partial charge >= 0.3 is 0 Å². The molecule has 0 aliphatic carbocycles. The van der Waals surface area contributed by atoms with Crippen molar-refractivity contribution in [3.8, 4) is 0 Å². The summed E-state index contributed by atoms with van der Waals surface area (Å²) in [5, 5.41) is 6.72. The average Bonchev–Trinajstić information content (AvgIpc) is 2.75. The van der Waals surface area contributed by atoms with Crippen LogP contribution in [0, 0.1) is 5.92 Å². The summed E-state index contributed by atoms with van der Waals surface area (Å²) in [6, 6.07) is 10.2. The third-order valence-corrected chi connectivity index (χ3v) is 6.81. The number of benzene rings is 1. The molecule has 0 bridgehead atoms. The molecule has 0 spiro atoms. The summed E-state index contributed by atoms with van der Waals surface area (Å²) < 4.78 is 12.3. The van der Waals surface area contributed by atoms with E-state index in [4.69, 9.17) is 0 Å². The molecule has 2 N–H and O–H groups in total. The van der Waals surface area contributed by atoms with E-state index >= 15 is 0 Å². The molecule has 1 fully saturated rings. The van der Waals surface area contributed by atoms with E-state index in [-0.39, 0.29) is 29.9 Å². The van der Waals surface area contributed by atoms with Crippen LogP contribution in [0.25, 0.3) is 0 Å². The Kier molecular flexibility index (Phi) is 13.2. The first-order chi connectivity index (χ1) is 14.1. The van der Waals surface area contributed by atoms with E-state index in [2.05, 4.69) is 29.5 Å². The predicted molar refractivity (Wildman–Crippen MR) is 137 cm³/mol. The van der Waals surface area contributed by atoms with Gasteiger partial charge in [0.05, 0.1) is 0 Å². The predicted octanol–water partition coefficient (Wildman–Crippen LogP) is 3.15. The highest BCUT2D eigenvalue weighted by molar-refractivity contribution is 14.0. The first-order valence-electron chi connectivity index (χ1n) is 10.7. The molecule has 8 heteroatoms. The second kappa shape index (κ2) is 14.8. The second-order valence-corrected chi connectivity index (χ2v) is 9.11. The fourth-order valence-electron chi connectivity index (χ4n) is 3.64. The third kappa shape index (κ3) is 8.91. The lowest BCUT2D eigenvalue weighted by molar-refractivity contribution is -0.136. The number of aliphatic imine (C=N–C) groups is 1. The van der Waals surface area contributed by atoms with Crippen molar-refractivity contribution in [3.63, 3.8) is 0 Å². The smallest absolute Gasteiger partial charge is 0.225 e. The molecule has 1 aliphatic heterocycles. The van der Waals surface area contributed by atoms with Crippen molar-refractivity contribution in [2.24, 2.45) is 10.9 Å². The highest BCUT2D eigenvalue weighted by Gasteiger charge is 2.26. The summed E-state index contributed by atoms with van der Waals surface area (Å²) in [5.41, 5.74) is 1.10. The van der Waals surface area contributed by atoms with Crippen LogP contribution in [0.15, 0.2) is 35.3 Å². The van der Waals surface area contributed by atoms with Crippen LogP contribution in [0.4, 0.5) is 0 Å². The number of piperidine rings is 1. The molecule has 1 saturated heterocycles. The van der Waals surface area contributed by atoms with Crippen LogP contribution in [0.1, 0.15) is 45.1 Å². The molecule has 1 aliphatic rings. The molecule has 1 heterocycles. The quantitative estimate of drug-likeness (QED) is 0.283. The number of halogens is 1. The van der Waals surface area contributed by atoms with Crippen molar-refractivity contribution >= 4 is 46.6 Å². The van der Waals surface area contributed by atoms with E-state index in [0.717, 1.165) is 50.3 Å². The lowest BCUT2D eigenvalue weighted by Crippen LogP contribution is -2.51. The van der Waals surface area contributed by atoms with Gasteiger partial charge in [0.1, 0.15) is 0 Å². The van der Waals surface area contributed by atoms with Crippen LogP contribution < -0.4 is 10.6 Å². The van der Waals surface area contributed by atoms with E-state index in [0.29, 0.717) is 30.0 Å². The van der Waals surface area contributed by atoms with Crippen LogP contribution in [0.2, 0.25) is 0 Å². The Hall–Kier alpha value is -1.16. The maximum absolute atomic E-state index is 12.5. The molecule has 30 heavy (non-hydrogen) atoms. The number of likely N-dealkylation sites (tertiary alicyclic amines) is 1. The first-order valence-corrected chi connectivity index (χ1v) is 12.2. The van der Waals surface area contributed by atoms with E-state index in [1.165, 1.54) is 0 Å². The van der Waals surface area contributed by atoms with Gasteiger partial charge in [0.2, 0.25) is 5.91 Å². The van der Waals surface area contributed by atoms with Crippen molar-refractivity contribution in [1.29, 1.82) is 0 Å². The Morgan fingerprint density at radius 2 is 1.83 bits per heavy atom. The number of hydrogen-bond acceptors (Lipinski definition) is 3. The van der Waals surface area contributed by atoms with Gasteiger partial charge in [0.15, 0.2) is 5.96 Å². The Morgan fingerprint density at radius 3 is 2.40 bits per heavy atom. The topological polar surface area (TPSA) is 73.8 Å². The molecule has 1 atom stereocenters. The molecular weight excluding hydrogens is 511 g/mol. The van der Waals surface area contributed by atoms with E-state index in [1.807, 2.05) is 35.2 Å². The van der Waals surface area contributed by atoms with Crippen molar-refractivity contribution in [2.45, 2.75) is 51.3 Å². The normalized spacial score (nSPS) is 16.1. The molecular formula is C22H37IN4O2S. The Bertz CT molecular complexity index is 675. The molecule has 1 aromatic rings. The van der Waals surface area contributed by atoms with Gasteiger partial charge in [-0.1, -0.05) is 44.2 Å². The summed E-state index contributed by atoms with van der Waals surface area (Å²) in [4.78, 5) is 18.8. The second-order valence-electron chi connectivity index (χ2n) is 7.53. The minimum atomic E-state index is -0.902. The van der Waals surface area contributed by atoms with Crippen LogP contribution >= 0.6 is 24.0 Å². The molecule has 0 saturated carbocycles. The van der Waals surface area contributed by atoms with E-state index in [9.17, 15) is 9.00 Å². The Morgan fingerprint density at radius 1 is 1.20 bits per heavy atom. The number of nitrogens with zero attached hydrogens (tertiary/aromatic N) is 2. The molecule has 6 nitrogen and oxygen atoms in total. The van der Waals surface area contributed by atoms with Gasteiger partial charge in [-0.05, 0) is 31.2 Å². The molecule has 1 aromatic carbocycles. The number of nitrogens with one attached hydrogen (secondary N) is 2. The van der Waals surface area contributed by atoms with Gasteiger partial charge < -0.3 is 15.5 Å². The number of rotatable bonds is 9. The van der Waals surface area contributed by atoms with Gasteiger partial charge in [-0.15, -0.1) is 24.0 Å². The number of amides is 1. The van der Waals surface area contributed by atoms with Crippen molar-refractivity contribution < 1.29 is 9.00 Å². The van der Waals surface area contributed by atoms with Crippen molar-refractivity contribution in [2.75, 3.05) is 32.4 Å². The maximum Gasteiger partial charge on any atom is 0.225 e. The fourth-order valence-corrected chi connectivity index (χ4v) is 4.68. The standard InChI is InChI=1S/C22H36N4O2S.HI/c1-4-19(5-2)21(27)26-14-11-20(12-15-26)25-22(23-3)24-13-16-29(28)17-18-9-7-6-8-10-18;/h6-10,19-20H,4-5,11-17H2,1-3H3,(H2,23,24,25);1H. The van der Waals surface area contributed by atoms with Gasteiger partial charge in [-0.2, -0.15) is 0 Å². The Balaban J connectivity index is 0.00000450. The molecule has 0 aromatic heterocycles. The zero-order valence-electron chi connectivity index (χ0n) is 18.4. The van der Waals surface area contributed by atoms with Crippen molar-refractivity contribution in [1.82, 2.24) is 15.5 Å². The molecule has 1 amide bonds. The summed E-state index contributed by atoms with van der Waals surface area (Å²) in [6.07, 6.45) is 3.67. The molecule has 1 unspecified atom stereocenters. The minimum Gasteiger partial charge on any atom is -0.355 e. The number of hydrogen-bond donors (Lipinski definition) is 2. The summed E-state index contributed by atoms with van der Waals surface area (Å²) in [5.74, 6) is 2.37. The zero-order valence-corrected chi connectivity index (χ0v) is 21.6. The van der Waals surface area contributed by atoms with Gasteiger partial charge in [-0.3, -0.25) is 14.0 Å². The summed E-state index contributed by atoms with van der Waals surface area (Å²) in [6.45, 7) is 6.38. The average molecular weight is 549 g/mol. The van der Waals surface area contributed by atoms with E-state index in [1.54, 1.807) is 7.05 Å². The highest BCUT2D eigenvalue weighted by Crippen LogP contribution is 2.17. The van der Waals surface area contributed by atoms with Gasteiger partial charge in [0.25, 0.3) is 0 Å².